The Labute approximate surface area is 192 Å². The molecule has 0 spiro atoms. The zero-order valence-corrected chi connectivity index (χ0v) is 18.5. The maximum absolute atomic E-state index is 13.5. The molecule has 5 rings (SSSR count). The van der Waals surface area contributed by atoms with Gasteiger partial charge in [-0.05, 0) is 70.0 Å². The summed E-state index contributed by atoms with van der Waals surface area (Å²) in [6.07, 6.45) is -0.987. The molecule has 6 nitrogen and oxygen atoms in total. The van der Waals surface area contributed by atoms with Gasteiger partial charge < -0.3 is 4.74 Å². The van der Waals surface area contributed by atoms with E-state index in [-0.39, 0.29) is 5.91 Å². The predicted octanol–water partition coefficient (Wildman–Crippen LogP) is 4.65. The lowest BCUT2D eigenvalue weighted by atomic mass is 9.90. The van der Waals surface area contributed by atoms with Gasteiger partial charge in [-0.2, -0.15) is 0 Å². The lowest BCUT2D eigenvalue weighted by Crippen LogP contribution is -2.37. The quantitative estimate of drug-likeness (QED) is 0.492. The minimum absolute atomic E-state index is 0.320. The Morgan fingerprint density at radius 1 is 0.938 bits per heavy atom. The number of halogens is 2. The van der Waals surface area contributed by atoms with E-state index < -0.39 is 29.8 Å². The Bertz CT molecular complexity index is 1190. The monoisotopic (exact) mass is 496 g/mol. The molecule has 3 aromatic carbocycles. The van der Waals surface area contributed by atoms with Crippen molar-refractivity contribution in [3.05, 3.63) is 88.6 Å². The van der Waals surface area contributed by atoms with Gasteiger partial charge in [0.05, 0.1) is 29.0 Å². The Morgan fingerprint density at radius 3 is 2.31 bits per heavy atom. The minimum Gasteiger partial charge on any atom is -0.496 e. The smallest absolute Gasteiger partial charge is 0.266 e. The molecule has 162 valence electrons. The largest absolute Gasteiger partial charge is 0.496 e. The van der Waals surface area contributed by atoms with E-state index in [9.17, 15) is 14.0 Å². The Hall–Kier alpha value is -3.23. The Morgan fingerprint density at radius 2 is 1.66 bits per heavy atom. The summed E-state index contributed by atoms with van der Waals surface area (Å²) >= 11 is 3.50. The number of nitrogens with zero attached hydrogens (tertiary/aromatic N) is 2. The van der Waals surface area contributed by atoms with Crippen LogP contribution in [0.2, 0.25) is 0 Å². The van der Waals surface area contributed by atoms with E-state index in [1.54, 1.807) is 18.2 Å². The van der Waals surface area contributed by atoms with Crippen LogP contribution in [0.1, 0.15) is 11.6 Å². The number of hydrogen-bond donors (Lipinski definition) is 0. The molecule has 0 bridgehead atoms. The molecule has 2 amide bonds. The Kier molecular flexibility index (Phi) is 5.19. The van der Waals surface area contributed by atoms with Crippen molar-refractivity contribution in [3.63, 3.8) is 0 Å². The number of para-hydroxylation sites is 1. The lowest BCUT2D eigenvalue weighted by molar-refractivity contribution is -0.126. The van der Waals surface area contributed by atoms with Gasteiger partial charge >= 0.3 is 0 Å². The molecule has 3 atom stereocenters. The molecule has 0 aromatic heterocycles. The topological polar surface area (TPSA) is 59.1 Å². The van der Waals surface area contributed by atoms with Crippen molar-refractivity contribution in [2.24, 2.45) is 5.92 Å². The van der Waals surface area contributed by atoms with Crippen LogP contribution in [0.15, 0.2) is 77.3 Å². The molecule has 2 aliphatic heterocycles. The summed E-state index contributed by atoms with van der Waals surface area (Å²) in [5, 5.41) is 1.63. The van der Waals surface area contributed by atoms with Gasteiger partial charge in [-0.25, -0.2) is 14.4 Å². The van der Waals surface area contributed by atoms with Crippen LogP contribution in [0, 0.1) is 11.7 Å². The van der Waals surface area contributed by atoms with Gasteiger partial charge in [0.1, 0.15) is 17.5 Å². The van der Waals surface area contributed by atoms with E-state index in [1.807, 2.05) is 42.5 Å². The fourth-order valence-electron chi connectivity index (χ4n) is 4.26. The van der Waals surface area contributed by atoms with Gasteiger partial charge in [0.2, 0.25) is 5.91 Å². The van der Waals surface area contributed by atoms with Crippen LogP contribution in [0.25, 0.3) is 0 Å². The van der Waals surface area contributed by atoms with E-state index in [0.717, 1.165) is 20.6 Å². The van der Waals surface area contributed by atoms with E-state index in [2.05, 4.69) is 15.9 Å². The second kappa shape index (κ2) is 8.03. The number of carbonyl (C=O) groups excluding carboxylic acids is 2. The molecule has 2 heterocycles. The number of fused-ring (bicyclic) bond motifs is 1. The molecule has 0 radical (unpaired) electrons. The number of carbonyl (C=O) groups is 2. The molecule has 0 N–H and O–H groups in total. The minimum atomic E-state index is -0.987. The first kappa shape index (κ1) is 20.7. The van der Waals surface area contributed by atoms with Crippen LogP contribution in [0.4, 0.5) is 15.8 Å². The zero-order chi connectivity index (χ0) is 22.4. The first-order valence-electron chi connectivity index (χ1n) is 9.97. The first-order chi connectivity index (χ1) is 15.5. The third-order valence-corrected chi connectivity index (χ3v) is 6.35. The normalized spacial score (nSPS) is 22.4. The number of amides is 2. The van der Waals surface area contributed by atoms with Crippen LogP contribution < -0.4 is 14.7 Å². The summed E-state index contributed by atoms with van der Waals surface area (Å²) in [5.41, 5.74) is 1.84. The predicted molar refractivity (Wildman–Crippen MR) is 120 cm³/mol. The van der Waals surface area contributed by atoms with E-state index >= 15 is 0 Å². The van der Waals surface area contributed by atoms with Crippen molar-refractivity contribution in [1.82, 2.24) is 0 Å². The number of hydrogen-bond acceptors (Lipinski definition) is 5. The maximum atomic E-state index is 13.5. The molecular formula is C24H18BrFN2O4. The molecule has 0 aliphatic carbocycles. The third kappa shape index (κ3) is 3.27. The average Bonchev–Trinajstić information content (AvgIpc) is 3.31. The third-order valence-electron chi connectivity index (χ3n) is 5.73. The highest BCUT2D eigenvalue weighted by Gasteiger charge is 2.60. The fraction of sp³-hybridized carbons (Fsp3) is 0.167. The highest BCUT2D eigenvalue weighted by atomic mass is 79.9. The van der Waals surface area contributed by atoms with Gasteiger partial charge in [-0.1, -0.05) is 24.3 Å². The fourth-order valence-corrected chi connectivity index (χ4v) is 4.82. The number of benzene rings is 3. The van der Waals surface area contributed by atoms with Crippen molar-refractivity contribution in [1.29, 1.82) is 0 Å². The van der Waals surface area contributed by atoms with E-state index in [1.165, 1.54) is 24.3 Å². The van der Waals surface area contributed by atoms with Gasteiger partial charge in [0.25, 0.3) is 5.91 Å². The van der Waals surface area contributed by atoms with E-state index in [0.29, 0.717) is 11.4 Å². The highest BCUT2D eigenvalue weighted by molar-refractivity contribution is 9.10. The van der Waals surface area contributed by atoms with Gasteiger partial charge in [-0.15, -0.1) is 0 Å². The van der Waals surface area contributed by atoms with Gasteiger partial charge in [0, 0.05) is 0 Å². The molecule has 2 aliphatic rings. The summed E-state index contributed by atoms with van der Waals surface area (Å²) in [6.45, 7) is 0. The van der Waals surface area contributed by atoms with E-state index in [4.69, 9.17) is 9.57 Å². The summed E-state index contributed by atoms with van der Waals surface area (Å²) in [4.78, 5) is 33.9. The molecule has 2 saturated heterocycles. The SMILES string of the molecule is COc1ccc([C@H]2[C@H]3C(=O)N(c4ccc(F)cc4)C(=O)[C@H]3ON2c2ccccc2)cc1Br. The first-order valence-corrected chi connectivity index (χ1v) is 10.8. The number of ether oxygens (including phenoxy) is 1. The second-order valence-electron chi connectivity index (χ2n) is 7.54. The average molecular weight is 497 g/mol. The second-order valence-corrected chi connectivity index (χ2v) is 8.39. The zero-order valence-electron chi connectivity index (χ0n) is 16.9. The number of anilines is 2. The summed E-state index contributed by atoms with van der Waals surface area (Å²) in [5.74, 6) is -1.42. The maximum Gasteiger partial charge on any atom is 0.266 e. The Balaban J connectivity index is 1.59. The molecule has 32 heavy (non-hydrogen) atoms. The van der Waals surface area contributed by atoms with Crippen molar-refractivity contribution in [2.75, 3.05) is 17.1 Å². The van der Waals surface area contributed by atoms with Crippen LogP contribution in [0.5, 0.6) is 5.75 Å². The van der Waals surface area contributed by atoms with Crippen LogP contribution in [-0.2, 0) is 14.4 Å². The summed E-state index contributed by atoms with van der Waals surface area (Å²) < 4.78 is 19.4. The number of hydroxylamine groups is 1. The van der Waals surface area contributed by atoms with Gasteiger partial charge in [-0.3, -0.25) is 14.4 Å². The van der Waals surface area contributed by atoms with Crippen molar-refractivity contribution < 1.29 is 23.6 Å². The highest BCUT2D eigenvalue weighted by Crippen LogP contribution is 2.48. The number of rotatable bonds is 4. The van der Waals surface area contributed by atoms with Crippen molar-refractivity contribution >= 4 is 39.1 Å². The van der Waals surface area contributed by atoms with Crippen molar-refractivity contribution in [3.8, 4) is 5.75 Å². The number of imide groups is 1. The molecule has 0 unspecified atom stereocenters. The van der Waals surface area contributed by atoms with Crippen molar-refractivity contribution in [2.45, 2.75) is 12.1 Å². The standard InChI is InChI=1S/C24H18BrFN2O4/c1-31-19-12-7-14(13-18(19)25)21-20-22(32-28(21)17-5-3-2-4-6-17)24(30)27(23(20)29)16-10-8-15(26)9-11-16/h2-13,20-22H,1H3/t20-,21+,22+/m1/s1. The van der Waals surface area contributed by atoms with Crippen LogP contribution >= 0.6 is 15.9 Å². The van der Waals surface area contributed by atoms with Gasteiger partial charge in [0.15, 0.2) is 6.10 Å². The number of methoxy groups -OCH3 is 1. The van der Waals surface area contributed by atoms with Crippen LogP contribution in [-0.4, -0.2) is 25.0 Å². The summed E-state index contributed by atoms with van der Waals surface area (Å²) in [6, 6.07) is 19.6. The molecule has 3 aromatic rings. The van der Waals surface area contributed by atoms with Crippen LogP contribution in [0.3, 0.4) is 0 Å². The molecule has 8 heteroatoms. The lowest BCUT2D eigenvalue weighted by Gasteiger charge is -2.29. The molecular weight excluding hydrogens is 479 g/mol. The molecule has 0 saturated carbocycles. The molecule has 2 fully saturated rings. The summed E-state index contributed by atoms with van der Waals surface area (Å²) in [7, 11) is 1.57.